The predicted molar refractivity (Wildman–Crippen MR) is 95.5 cm³/mol. The highest BCUT2D eigenvalue weighted by Crippen LogP contribution is 2.24. The summed E-state index contributed by atoms with van der Waals surface area (Å²) < 4.78 is 0. The van der Waals surface area contributed by atoms with Crippen molar-refractivity contribution in [2.75, 3.05) is 31.1 Å². The first kappa shape index (κ1) is 18.1. The number of aromatic nitrogens is 2. The monoisotopic (exact) mass is 356 g/mol. The van der Waals surface area contributed by atoms with Gasteiger partial charge in [0.15, 0.2) is 5.82 Å². The van der Waals surface area contributed by atoms with Crippen LogP contribution in [0.4, 0.5) is 5.82 Å². The number of carbonyl (C=O) groups is 2. The quantitative estimate of drug-likeness (QED) is 0.784. The van der Waals surface area contributed by atoms with Crippen LogP contribution in [-0.2, 0) is 22.4 Å². The van der Waals surface area contributed by atoms with Crippen LogP contribution < -0.4 is 10.2 Å². The molecule has 2 amide bonds. The van der Waals surface area contributed by atoms with E-state index in [1.54, 1.807) is 4.90 Å². The molecule has 138 valence electrons. The molecule has 26 heavy (non-hydrogen) atoms. The van der Waals surface area contributed by atoms with Crippen molar-refractivity contribution in [3.8, 4) is 6.07 Å². The Morgan fingerprint density at radius 2 is 1.85 bits per heavy atom. The molecule has 0 aromatic carbocycles. The van der Waals surface area contributed by atoms with E-state index >= 15 is 0 Å². The van der Waals surface area contributed by atoms with Gasteiger partial charge in [0.2, 0.25) is 0 Å². The molecule has 3 rings (SSSR count). The first-order valence-corrected chi connectivity index (χ1v) is 9.22. The van der Waals surface area contributed by atoms with Gasteiger partial charge in [-0.15, -0.1) is 5.10 Å². The lowest BCUT2D eigenvalue weighted by Crippen LogP contribution is -2.53. The number of nitrogens with one attached hydrogen (secondary N) is 1. The van der Waals surface area contributed by atoms with Crippen LogP contribution in [0.5, 0.6) is 0 Å². The van der Waals surface area contributed by atoms with E-state index in [2.05, 4.69) is 21.6 Å². The van der Waals surface area contributed by atoms with Gasteiger partial charge in [-0.05, 0) is 31.2 Å². The smallest absolute Gasteiger partial charge is 0.312 e. The standard InChI is InChI=1S/C18H24N6O2/c1-3-13-14(11-19)16(22-21-15(13)4-2)23-7-9-24(10-8-23)18(26)17(25)20-12-5-6-12/h12H,3-10H2,1-2H3,(H,20,25). The molecule has 1 N–H and O–H groups in total. The van der Waals surface area contributed by atoms with E-state index in [1.807, 2.05) is 18.7 Å². The van der Waals surface area contributed by atoms with Crippen molar-refractivity contribution < 1.29 is 9.59 Å². The summed E-state index contributed by atoms with van der Waals surface area (Å²) in [5.74, 6) is -0.408. The summed E-state index contributed by atoms with van der Waals surface area (Å²) in [6.07, 6.45) is 3.38. The first-order valence-electron chi connectivity index (χ1n) is 9.22. The second-order valence-electron chi connectivity index (χ2n) is 6.67. The highest BCUT2D eigenvalue weighted by Gasteiger charge is 2.31. The Kier molecular flexibility index (Phi) is 5.35. The molecule has 1 saturated carbocycles. The molecule has 0 radical (unpaired) electrons. The largest absolute Gasteiger partial charge is 0.350 e. The van der Waals surface area contributed by atoms with Crippen LogP contribution in [0.15, 0.2) is 0 Å². The molecular weight excluding hydrogens is 332 g/mol. The van der Waals surface area contributed by atoms with Crippen molar-refractivity contribution in [2.24, 2.45) is 0 Å². The minimum absolute atomic E-state index is 0.172. The summed E-state index contributed by atoms with van der Waals surface area (Å²) in [5, 5.41) is 20.9. The zero-order valence-corrected chi connectivity index (χ0v) is 15.3. The Bertz CT molecular complexity index is 745. The normalized spacial score (nSPS) is 17.0. The Balaban J connectivity index is 1.69. The average molecular weight is 356 g/mol. The van der Waals surface area contributed by atoms with Crippen LogP contribution in [0.2, 0.25) is 0 Å². The van der Waals surface area contributed by atoms with Crippen LogP contribution in [0, 0.1) is 11.3 Å². The second kappa shape index (κ2) is 7.68. The van der Waals surface area contributed by atoms with E-state index in [1.165, 1.54) is 0 Å². The molecule has 0 bridgehead atoms. The lowest BCUT2D eigenvalue weighted by Gasteiger charge is -2.35. The van der Waals surface area contributed by atoms with E-state index in [4.69, 9.17) is 0 Å². The van der Waals surface area contributed by atoms with Crippen molar-refractivity contribution in [3.63, 3.8) is 0 Å². The molecule has 1 aromatic rings. The molecule has 2 heterocycles. The van der Waals surface area contributed by atoms with Crippen molar-refractivity contribution in [3.05, 3.63) is 16.8 Å². The number of anilines is 1. The summed E-state index contributed by atoms with van der Waals surface area (Å²) in [6.45, 7) is 5.93. The van der Waals surface area contributed by atoms with Crippen molar-refractivity contribution in [2.45, 2.75) is 45.6 Å². The first-order chi connectivity index (χ1) is 12.6. The summed E-state index contributed by atoms with van der Waals surface area (Å²) in [7, 11) is 0. The van der Waals surface area contributed by atoms with Crippen LogP contribution in [0.25, 0.3) is 0 Å². The highest BCUT2D eigenvalue weighted by atomic mass is 16.2. The average Bonchev–Trinajstić information content (AvgIpc) is 3.50. The van der Waals surface area contributed by atoms with E-state index < -0.39 is 11.8 Å². The molecule has 2 fully saturated rings. The minimum Gasteiger partial charge on any atom is -0.350 e. The van der Waals surface area contributed by atoms with Crippen molar-refractivity contribution >= 4 is 17.6 Å². The molecule has 0 unspecified atom stereocenters. The lowest BCUT2D eigenvalue weighted by molar-refractivity contribution is -0.146. The van der Waals surface area contributed by atoms with Crippen molar-refractivity contribution in [1.82, 2.24) is 20.4 Å². The van der Waals surface area contributed by atoms with Crippen LogP contribution in [-0.4, -0.2) is 59.1 Å². The molecule has 0 spiro atoms. The van der Waals surface area contributed by atoms with Gasteiger partial charge in [0.1, 0.15) is 11.6 Å². The van der Waals surface area contributed by atoms with Gasteiger partial charge in [-0.25, -0.2) is 0 Å². The Labute approximate surface area is 153 Å². The van der Waals surface area contributed by atoms with Gasteiger partial charge in [0.25, 0.3) is 0 Å². The number of amides is 2. The van der Waals surface area contributed by atoms with E-state index in [9.17, 15) is 14.9 Å². The van der Waals surface area contributed by atoms with Gasteiger partial charge in [0, 0.05) is 32.2 Å². The zero-order chi connectivity index (χ0) is 18.7. The molecule has 1 saturated heterocycles. The number of nitriles is 1. The summed E-state index contributed by atoms with van der Waals surface area (Å²) >= 11 is 0. The SMILES string of the molecule is CCc1nnc(N2CCN(C(=O)C(=O)NC3CC3)CC2)c(C#N)c1CC. The summed E-state index contributed by atoms with van der Waals surface area (Å²) in [6, 6.07) is 2.45. The van der Waals surface area contributed by atoms with E-state index in [-0.39, 0.29) is 6.04 Å². The lowest BCUT2D eigenvalue weighted by atomic mass is 10.0. The molecule has 0 atom stereocenters. The fourth-order valence-corrected chi connectivity index (χ4v) is 3.24. The maximum absolute atomic E-state index is 12.2. The van der Waals surface area contributed by atoms with Crippen LogP contribution in [0.3, 0.4) is 0 Å². The minimum atomic E-state index is -0.515. The fraction of sp³-hybridized carbons (Fsp3) is 0.611. The van der Waals surface area contributed by atoms with E-state index in [0.717, 1.165) is 36.9 Å². The van der Waals surface area contributed by atoms with Crippen molar-refractivity contribution in [1.29, 1.82) is 5.26 Å². The third-order valence-corrected chi connectivity index (χ3v) is 4.91. The maximum Gasteiger partial charge on any atom is 0.312 e. The van der Waals surface area contributed by atoms with Gasteiger partial charge >= 0.3 is 11.8 Å². The molecule has 1 aliphatic carbocycles. The number of hydrogen-bond donors (Lipinski definition) is 1. The molecule has 1 aliphatic heterocycles. The fourth-order valence-electron chi connectivity index (χ4n) is 3.24. The molecular formula is C18H24N6O2. The maximum atomic E-state index is 12.2. The Morgan fingerprint density at radius 1 is 1.15 bits per heavy atom. The zero-order valence-electron chi connectivity index (χ0n) is 15.3. The number of hydrogen-bond acceptors (Lipinski definition) is 6. The predicted octanol–water partition coefficient (Wildman–Crippen LogP) is 0.400. The summed E-state index contributed by atoms with van der Waals surface area (Å²) in [4.78, 5) is 27.7. The van der Waals surface area contributed by atoms with Gasteiger partial charge in [-0.1, -0.05) is 13.8 Å². The Morgan fingerprint density at radius 3 is 2.38 bits per heavy atom. The second-order valence-corrected chi connectivity index (χ2v) is 6.67. The van der Waals surface area contributed by atoms with Crippen LogP contribution in [0.1, 0.15) is 43.5 Å². The molecule has 8 nitrogen and oxygen atoms in total. The van der Waals surface area contributed by atoms with E-state index in [0.29, 0.717) is 37.6 Å². The third kappa shape index (κ3) is 3.62. The number of nitrogens with zero attached hydrogens (tertiary/aromatic N) is 5. The number of aryl methyl sites for hydroxylation is 1. The number of carbonyl (C=O) groups excluding carboxylic acids is 2. The van der Waals surface area contributed by atoms with Gasteiger partial charge in [-0.3, -0.25) is 9.59 Å². The molecule has 2 aliphatic rings. The van der Waals surface area contributed by atoms with Gasteiger partial charge in [0.05, 0.1) is 5.69 Å². The van der Waals surface area contributed by atoms with Crippen LogP contribution >= 0.6 is 0 Å². The van der Waals surface area contributed by atoms with Gasteiger partial charge < -0.3 is 15.1 Å². The van der Waals surface area contributed by atoms with Gasteiger partial charge in [-0.2, -0.15) is 10.4 Å². The number of rotatable bonds is 4. The molecule has 1 aromatic heterocycles. The third-order valence-electron chi connectivity index (χ3n) is 4.91. The highest BCUT2D eigenvalue weighted by molar-refractivity contribution is 6.35. The molecule has 8 heteroatoms. The number of piperazine rings is 1. The Hall–Kier alpha value is -2.69. The summed E-state index contributed by atoms with van der Waals surface area (Å²) in [5.41, 5.74) is 2.38. The topological polar surface area (TPSA) is 102 Å².